The second kappa shape index (κ2) is 9.39. The molecule has 0 unspecified atom stereocenters. The lowest BCUT2D eigenvalue weighted by Crippen LogP contribution is -2.36. The Kier molecular flexibility index (Phi) is 6.16. The van der Waals surface area contributed by atoms with Gasteiger partial charge in [0.25, 0.3) is 5.56 Å². The molecule has 0 aliphatic carbocycles. The number of likely N-dealkylation sites (tertiary alicyclic amines) is 1. The smallest absolute Gasteiger partial charge is 0.261 e. The Labute approximate surface area is 198 Å². The molecule has 1 fully saturated rings. The molecular weight excluding hydrogens is 429 g/mol. The highest BCUT2D eigenvalue weighted by Gasteiger charge is 2.22. The Balaban J connectivity index is 1.60. The number of halogens is 1. The molecule has 0 bridgehead atoms. The standard InChI is InChI=1S/C28H28FN3O2/c1-19-6-3-4-8-24(19)27-30-26-14-13-23(34-22-11-9-21(29)10-12-22)16-25(26)28(33)32(27)18-20-7-5-15-31(2)17-20/h3-4,6,8-14,16,20H,5,7,15,17-18H2,1-2H3/t20-/m0/s1. The molecule has 0 saturated carbocycles. The fraction of sp³-hybridized carbons (Fsp3) is 0.286. The molecule has 0 amide bonds. The molecule has 6 heteroatoms. The van der Waals surface area contributed by atoms with Crippen LogP contribution < -0.4 is 10.3 Å². The van der Waals surface area contributed by atoms with Gasteiger partial charge in [0, 0.05) is 18.7 Å². The molecule has 0 spiro atoms. The quantitative estimate of drug-likeness (QED) is 0.389. The van der Waals surface area contributed by atoms with E-state index in [0.29, 0.717) is 40.7 Å². The maximum absolute atomic E-state index is 13.8. The lowest BCUT2D eigenvalue weighted by molar-refractivity contribution is 0.194. The molecule has 5 rings (SSSR count). The topological polar surface area (TPSA) is 47.4 Å². The number of aromatic nitrogens is 2. The van der Waals surface area contributed by atoms with Crippen molar-refractivity contribution in [2.45, 2.75) is 26.3 Å². The number of benzene rings is 3. The first-order valence-electron chi connectivity index (χ1n) is 11.7. The zero-order valence-corrected chi connectivity index (χ0v) is 19.5. The zero-order valence-electron chi connectivity index (χ0n) is 19.5. The molecule has 1 aromatic heterocycles. The average molecular weight is 458 g/mol. The van der Waals surface area contributed by atoms with E-state index >= 15 is 0 Å². The Hall–Kier alpha value is -3.51. The van der Waals surface area contributed by atoms with Gasteiger partial charge in [-0.3, -0.25) is 9.36 Å². The first-order valence-corrected chi connectivity index (χ1v) is 11.7. The van der Waals surface area contributed by atoms with Crippen LogP contribution in [0.15, 0.2) is 71.5 Å². The lowest BCUT2D eigenvalue weighted by Gasteiger charge is -2.30. The summed E-state index contributed by atoms with van der Waals surface area (Å²) in [6, 6.07) is 19.2. The van der Waals surface area contributed by atoms with Crippen LogP contribution in [0.5, 0.6) is 11.5 Å². The number of hydrogen-bond donors (Lipinski definition) is 0. The van der Waals surface area contributed by atoms with Gasteiger partial charge in [-0.1, -0.05) is 24.3 Å². The van der Waals surface area contributed by atoms with Crippen LogP contribution >= 0.6 is 0 Å². The van der Waals surface area contributed by atoms with E-state index in [-0.39, 0.29) is 11.4 Å². The van der Waals surface area contributed by atoms with Crippen molar-refractivity contribution in [2.24, 2.45) is 5.92 Å². The van der Waals surface area contributed by atoms with Crippen LogP contribution in [0.4, 0.5) is 4.39 Å². The second-order valence-electron chi connectivity index (χ2n) is 9.17. The third-order valence-electron chi connectivity index (χ3n) is 6.52. The fourth-order valence-corrected chi connectivity index (χ4v) is 4.78. The Morgan fingerprint density at radius 3 is 2.59 bits per heavy atom. The molecule has 34 heavy (non-hydrogen) atoms. The summed E-state index contributed by atoms with van der Waals surface area (Å²) in [4.78, 5) is 21.1. The molecule has 3 aromatic carbocycles. The Morgan fingerprint density at radius 2 is 1.82 bits per heavy atom. The summed E-state index contributed by atoms with van der Waals surface area (Å²) < 4.78 is 21.0. The monoisotopic (exact) mass is 457 g/mol. The minimum Gasteiger partial charge on any atom is -0.457 e. The van der Waals surface area contributed by atoms with E-state index in [1.165, 1.54) is 12.1 Å². The first-order chi connectivity index (χ1) is 16.5. The first kappa shape index (κ1) is 22.3. The van der Waals surface area contributed by atoms with Crippen LogP contribution in [0.1, 0.15) is 18.4 Å². The molecule has 1 saturated heterocycles. The molecule has 1 aliphatic heterocycles. The van der Waals surface area contributed by atoms with Crippen molar-refractivity contribution in [1.82, 2.24) is 14.5 Å². The number of rotatable bonds is 5. The van der Waals surface area contributed by atoms with E-state index in [4.69, 9.17) is 9.72 Å². The summed E-state index contributed by atoms with van der Waals surface area (Å²) in [5, 5.41) is 0.515. The van der Waals surface area contributed by atoms with Gasteiger partial charge in [-0.2, -0.15) is 0 Å². The second-order valence-corrected chi connectivity index (χ2v) is 9.17. The van der Waals surface area contributed by atoms with Crippen LogP contribution in [0.2, 0.25) is 0 Å². The Bertz CT molecular complexity index is 1380. The van der Waals surface area contributed by atoms with Gasteiger partial charge >= 0.3 is 0 Å². The van der Waals surface area contributed by atoms with Gasteiger partial charge in [0.1, 0.15) is 23.1 Å². The predicted molar refractivity (Wildman–Crippen MR) is 133 cm³/mol. The van der Waals surface area contributed by atoms with E-state index in [2.05, 4.69) is 11.9 Å². The minimum atomic E-state index is -0.324. The van der Waals surface area contributed by atoms with Crippen LogP contribution in [-0.4, -0.2) is 34.6 Å². The van der Waals surface area contributed by atoms with Gasteiger partial charge in [-0.15, -0.1) is 0 Å². The normalized spacial score (nSPS) is 16.6. The summed E-state index contributed by atoms with van der Waals surface area (Å²) in [6.07, 6.45) is 2.22. The zero-order chi connectivity index (χ0) is 23.7. The van der Waals surface area contributed by atoms with Crippen molar-refractivity contribution in [3.05, 3.63) is 88.5 Å². The number of ether oxygens (including phenoxy) is 1. The number of fused-ring (bicyclic) bond motifs is 1. The van der Waals surface area contributed by atoms with E-state index in [1.807, 2.05) is 41.8 Å². The molecule has 0 N–H and O–H groups in total. The van der Waals surface area contributed by atoms with E-state index in [1.54, 1.807) is 24.3 Å². The van der Waals surface area contributed by atoms with E-state index in [0.717, 1.165) is 37.1 Å². The van der Waals surface area contributed by atoms with Gasteiger partial charge in [0.05, 0.1) is 10.9 Å². The predicted octanol–water partition coefficient (Wildman–Crippen LogP) is 5.65. The van der Waals surface area contributed by atoms with Crippen molar-refractivity contribution in [1.29, 1.82) is 0 Å². The largest absolute Gasteiger partial charge is 0.457 e. The van der Waals surface area contributed by atoms with Crippen LogP contribution in [0.3, 0.4) is 0 Å². The molecule has 5 nitrogen and oxygen atoms in total. The third-order valence-corrected chi connectivity index (χ3v) is 6.52. The van der Waals surface area contributed by atoms with Crippen LogP contribution in [0, 0.1) is 18.7 Å². The van der Waals surface area contributed by atoms with E-state index < -0.39 is 0 Å². The summed E-state index contributed by atoms with van der Waals surface area (Å²) in [5.74, 6) is 1.80. The molecule has 174 valence electrons. The van der Waals surface area contributed by atoms with Crippen molar-refractivity contribution < 1.29 is 9.13 Å². The number of aryl methyl sites for hydroxylation is 1. The highest BCUT2D eigenvalue weighted by Crippen LogP contribution is 2.28. The average Bonchev–Trinajstić information content (AvgIpc) is 2.83. The maximum atomic E-state index is 13.8. The fourth-order valence-electron chi connectivity index (χ4n) is 4.78. The molecular formula is C28H28FN3O2. The summed E-state index contributed by atoms with van der Waals surface area (Å²) in [5.41, 5.74) is 2.62. The lowest BCUT2D eigenvalue weighted by atomic mass is 9.98. The maximum Gasteiger partial charge on any atom is 0.261 e. The van der Waals surface area contributed by atoms with Gasteiger partial charge < -0.3 is 9.64 Å². The SMILES string of the molecule is Cc1ccccc1-c1nc2ccc(Oc3ccc(F)cc3)cc2c(=O)n1C[C@H]1CCCN(C)C1. The van der Waals surface area contributed by atoms with Gasteiger partial charge in [0.15, 0.2) is 0 Å². The van der Waals surface area contributed by atoms with Crippen molar-refractivity contribution in [2.75, 3.05) is 20.1 Å². The number of piperidine rings is 1. The molecule has 1 aliphatic rings. The number of nitrogens with zero attached hydrogens (tertiary/aromatic N) is 3. The number of hydrogen-bond acceptors (Lipinski definition) is 4. The van der Waals surface area contributed by atoms with Crippen LogP contribution in [-0.2, 0) is 6.54 Å². The van der Waals surface area contributed by atoms with Crippen LogP contribution in [0.25, 0.3) is 22.3 Å². The van der Waals surface area contributed by atoms with Gasteiger partial charge in [-0.25, -0.2) is 9.37 Å². The molecule has 4 aromatic rings. The summed E-state index contributed by atoms with van der Waals surface area (Å²) in [6.45, 7) is 4.73. The highest BCUT2D eigenvalue weighted by atomic mass is 19.1. The molecule has 0 radical (unpaired) electrons. The van der Waals surface area contributed by atoms with Crippen molar-refractivity contribution in [3.63, 3.8) is 0 Å². The Morgan fingerprint density at radius 1 is 1.06 bits per heavy atom. The van der Waals surface area contributed by atoms with Gasteiger partial charge in [-0.05, 0) is 87.3 Å². The highest BCUT2D eigenvalue weighted by molar-refractivity contribution is 5.81. The molecule has 2 heterocycles. The minimum absolute atomic E-state index is 0.0685. The van der Waals surface area contributed by atoms with Gasteiger partial charge in [0.2, 0.25) is 0 Å². The summed E-state index contributed by atoms with van der Waals surface area (Å²) >= 11 is 0. The summed E-state index contributed by atoms with van der Waals surface area (Å²) in [7, 11) is 2.13. The van der Waals surface area contributed by atoms with E-state index in [9.17, 15) is 9.18 Å². The third kappa shape index (κ3) is 4.59. The molecule has 1 atom stereocenters. The van der Waals surface area contributed by atoms with Crippen molar-refractivity contribution >= 4 is 10.9 Å². The van der Waals surface area contributed by atoms with Crippen molar-refractivity contribution in [3.8, 4) is 22.9 Å².